The van der Waals surface area contributed by atoms with Crippen molar-refractivity contribution in [2.75, 3.05) is 40.4 Å². The quantitative estimate of drug-likeness (QED) is 0.760. The number of para-hydroxylation sites is 1. The van der Waals surface area contributed by atoms with Gasteiger partial charge in [0.2, 0.25) is 0 Å². The van der Waals surface area contributed by atoms with E-state index in [1.165, 1.54) is 0 Å². The number of carbonyl (C=O) groups is 1. The van der Waals surface area contributed by atoms with Crippen molar-refractivity contribution in [3.05, 3.63) is 47.3 Å². The molecule has 2 fully saturated rings. The molecular weight excluding hydrogens is 358 g/mol. The summed E-state index contributed by atoms with van der Waals surface area (Å²) in [5.74, 6) is 1.30. The van der Waals surface area contributed by atoms with E-state index < -0.39 is 0 Å². The minimum absolute atomic E-state index is 0.0769. The highest BCUT2D eigenvalue weighted by molar-refractivity contribution is 5.94. The van der Waals surface area contributed by atoms with Crippen LogP contribution in [0.4, 0.5) is 0 Å². The van der Waals surface area contributed by atoms with Crippen molar-refractivity contribution in [2.45, 2.75) is 26.0 Å². The largest absolute Gasteiger partial charge is 0.489 e. The minimum Gasteiger partial charge on any atom is -0.489 e. The fourth-order valence-electron chi connectivity index (χ4n) is 4.44. The maximum absolute atomic E-state index is 13.0. The average Bonchev–Trinajstić information content (AvgIpc) is 3.20. The molecule has 28 heavy (non-hydrogen) atoms. The molecule has 0 aliphatic carbocycles. The van der Waals surface area contributed by atoms with E-state index in [1.807, 2.05) is 42.2 Å². The van der Waals surface area contributed by atoms with Gasteiger partial charge in [0.25, 0.3) is 5.91 Å². The van der Waals surface area contributed by atoms with E-state index >= 15 is 0 Å². The zero-order valence-electron chi connectivity index (χ0n) is 16.7. The van der Waals surface area contributed by atoms with Crippen molar-refractivity contribution in [1.29, 1.82) is 0 Å². The molecule has 2 aliphatic heterocycles. The number of amides is 1. The Balaban J connectivity index is 1.40. The van der Waals surface area contributed by atoms with Gasteiger partial charge in [-0.15, -0.1) is 0 Å². The highest BCUT2D eigenvalue weighted by atomic mass is 16.5. The van der Waals surface area contributed by atoms with Crippen LogP contribution in [0.15, 0.2) is 34.9 Å². The second kappa shape index (κ2) is 7.56. The Bertz CT molecular complexity index is 829. The number of likely N-dealkylation sites (N-methyl/N-ethyl adjacent to an activating group) is 1. The van der Waals surface area contributed by atoms with Gasteiger partial charge in [0, 0.05) is 38.2 Å². The van der Waals surface area contributed by atoms with E-state index in [4.69, 9.17) is 14.0 Å². The maximum atomic E-state index is 13.0. The molecule has 3 heterocycles. The van der Waals surface area contributed by atoms with Crippen molar-refractivity contribution in [3.8, 4) is 5.75 Å². The van der Waals surface area contributed by atoms with E-state index in [-0.39, 0.29) is 17.9 Å². The lowest BCUT2D eigenvalue weighted by Gasteiger charge is -2.47. The number of rotatable bonds is 6. The Kier molecular flexibility index (Phi) is 5.12. The second-order valence-corrected chi connectivity index (χ2v) is 8.06. The summed E-state index contributed by atoms with van der Waals surface area (Å²) in [7, 11) is 3.87. The standard InChI is InChI=1S/C21H27N3O4/c1-15-18(11-27-17-7-5-4-6-8-17)19(22-28-15)20(25)24-13-21(14-24)9-16(10-26-3)23(2)12-21/h4-8,16H,9-14H2,1-3H3. The second-order valence-electron chi connectivity index (χ2n) is 8.06. The normalized spacial score (nSPS) is 21.1. The summed E-state index contributed by atoms with van der Waals surface area (Å²) in [5.41, 5.74) is 1.26. The van der Waals surface area contributed by atoms with Crippen LogP contribution in [0.5, 0.6) is 5.75 Å². The first-order valence-electron chi connectivity index (χ1n) is 9.63. The molecular formula is C21H27N3O4. The SMILES string of the molecule is COCC1CC2(CN(C(=O)c3noc(C)c3COc3ccccc3)C2)CN1C. The summed E-state index contributed by atoms with van der Waals surface area (Å²) >= 11 is 0. The number of carbonyl (C=O) groups excluding carboxylic acids is 1. The summed E-state index contributed by atoms with van der Waals surface area (Å²) in [6, 6.07) is 9.95. The van der Waals surface area contributed by atoms with Gasteiger partial charge in [0.15, 0.2) is 5.69 Å². The van der Waals surface area contributed by atoms with E-state index in [1.54, 1.807) is 7.11 Å². The monoisotopic (exact) mass is 385 g/mol. The molecule has 1 amide bonds. The molecule has 7 heteroatoms. The third-order valence-corrected chi connectivity index (χ3v) is 5.89. The van der Waals surface area contributed by atoms with Crippen LogP contribution in [-0.2, 0) is 11.3 Å². The fraction of sp³-hybridized carbons (Fsp3) is 0.524. The number of nitrogens with zero attached hydrogens (tertiary/aromatic N) is 3. The molecule has 1 atom stereocenters. The topological polar surface area (TPSA) is 68.0 Å². The number of aryl methyl sites for hydroxylation is 1. The summed E-state index contributed by atoms with van der Waals surface area (Å²) in [6.07, 6.45) is 1.06. The molecule has 2 aromatic rings. The average molecular weight is 385 g/mol. The summed E-state index contributed by atoms with van der Waals surface area (Å²) < 4.78 is 16.4. The zero-order chi connectivity index (χ0) is 19.7. The number of likely N-dealkylation sites (tertiary alicyclic amines) is 2. The molecule has 0 N–H and O–H groups in total. The van der Waals surface area contributed by atoms with Crippen molar-refractivity contribution in [3.63, 3.8) is 0 Å². The third kappa shape index (κ3) is 3.52. The van der Waals surface area contributed by atoms with E-state index in [2.05, 4.69) is 17.1 Å². The molecule has 1 aromatic carbocycles. The number of benzene rings is 1. The van der Waals surface area contributed by atoms with Crippen molar-refractivity contribution >= 4 is 5.91 Å². The first kappa shape index (κ1) is 19.0. The highest BCUT2D eigenvalue weighted by Gasteiger charge is 2.52. The number of aromatic nitrogens is 1. The fourth-order valence-corrected chi connectivity index (χ4v) is 4.44. The molecule has 1 aromatic heterocycles. The summed E-state index contributed by atoms with van der Waals surface area (Å²) in [6.45, 7) is 5.30. The Morgan fingerprint density at radius 1 is 1.29 bits per heavy atom. The number of methoxy groups -OCH3 is 1. The first-order chi connectivity index (χ1) is 13.5. The van der Waals surface area contributed by atoms with Gasteiger partial charge in [-0.25, -0.2) is 0 Å². The van der Waals surface area contributed by atoms with Gasteiger partial charge >= 0.3 is 0 Å². The summed E-state index contributed by atoms with van der Waals surface area (Å²) in [5, 5.41) is 4.03. The smallest absolute Gasteiger partial charge is 0.276 e. The van der Waals surface area contributed by atoms with Gasteiger partial charge in [-0.3, -0.25) is 4.79 Å². The predicted octanol–water partition coefficient (Wildman–Crippen LogP) is 2.35. The lowest BCUT2D eigenvalue weighted by Crippen LogP contribution is -2.59. The van der Waals surface area contributed by atoms with Crippen LogP contribution in [0.3, 0.4) is 0 Å². The lowest BCUT2D eigenvalue weighted by atomic mass is 9.77. The van der Waals surface area contributed by atoms with Crippen molar-refractivity contribution < 1.29 is 18.8 Å². The molecule has 0 radical (unpaired) electrons. The number of hydrogen-bond donors (Lipinski definition) is 0. The Hall–Kier alpha value is -2.38. The molecule has 0 bridgehead atoms. The van der Waals surface area contributed by atoms with E-state index in [0.29, 0.717) is 17.5 Å². The summed E-state index contributed by atoms with van der Waals surface area (Å²) in [4.78, 5) is 17.2. The Labute approximate surface area is 165 Å². The highest BCUT2D eigenvalue weighted by Crippen LogP contribution is 2.42. The zero-order valence-corrected chi connectivity index (χ0v) is 16.7. The minimum atomic E-state index is -0.0769. The van der Waals surface area contributed by atoms with Gasteiger partial charge in [0.05, 0.1) is 12.2 Å². The Morgan fingerprint density at radius 2 is 2.04 bits per heavy atom. The van der Waals surface area contributed by atoms with Gasteiger partial charge in [-0.05, 0) is 32.5 Å². The van der Waals surface area contributed by atoms with E-state index in [9.17, 15) is 4.79 Å². The first-order valence-corrected chi connectivity index (χ1v) is 9.63. The van der Waals surface area contributed by atoms with Crippen LogP contribution in [-0.4, -0.2) is 67.3 Å². The van der Waals surface area contributed by atoms with Crippen LogP contribution in [0.2, 0.25) is 0 Å². The Morgan fingerprint density at radius 3 is 2.75 bits per heavy atom. The molecule has 1 unspecified atom stereocenters. The molecule has 7 nitrogen and oxygen atoms in total. The number of hydrogen-bond acceptors (Lipinski definition) is 6. The molecule has 1 spiro atoms. The van der Waals surface area contributed by atoms with Crippen LogP contribution < -0.4 is 4.74 Å². The van der Waals surface area contributed by atoms with Crippen LogP contribution in [0, 0.1) is 12.3 Å². The van der Waals surface area contributed by atoms with Crippen LogP contribution in [0.1, 0.15) is 28.2 Å². The lowest BCUT2D eigenvalue weighted by molar-refractivity contribution is 0.0103. The van der Waals surface area contributed by atoms with Crippen LogP contribution in [0.25, 0.3) is 0 Å². The van der Waals surface area contributed by atoms with Crippen LogP contribution >= 0.6 is 0 Å². The molecule has 150 valence electrons. The van der Waals surface area contributed by atoms with Gasteiger partial charge < -0.3 is 23.8 Å². The van der Waals surface area contributed by atoms with Gasteiger partial charge in [0.1, 0.15) is 18.1 Å². The third-order valence-electron chi connectivity index (χ3n) is 5.89. The predicted molar refractivity (Wildman–Crippen MR) is 103 cm³/mol. The van der Waals surface area contributed by atoms with Crippen molar-refractivity contribution in [2.24, 2.45) is 5.41 Å². The molecule has 2 saturated heterocycles. The maximum Gasteiger partial charge on any atom is 0.276 e. The number of ether oxygens (including phenoxy) is 2. The molecule has 4 rings (SSSR count). The van der Waals surface area contributed by atoms with E-state index in [0.717, 1.165) is 44.0 Å². The van der Waals surface area contributed by atoms with Gasteiger partial charge in [-0.2, -0.15) is 0 Å². The molecule has 0 saturated carbocycles. The van der Waals surface area contributed by atoms with Gasteiger partial charge in [-0.1, -0.05) is 23.4 Å². The van der Waals surface area contributed by atoms with Crippen molar-refractivity contribution in [1.82, 2.24) is 15.0 Å². The molecule has 2 aliphatic rings.